The van der Waals surface area contributed by atoms with Gasteiger partial charge in [0.05, 0.1) is 17.7 Å². The zero-order chi connectivity index (χ0) is 20.8. The number of hydrogen-bond acceptors (Lipinski definition) is 3. The molecule has 4 nitrogen and oxygen atoms in total. The fourth-order valence-electron chi connectivity index (χ4n) is 3.94. The van der Waals surface area contributed by atoms with E-state index in [1.54, 1.807) is 16.7 Å². The Hall–Kier alpha value is -3.44. The Morgan fingerprint density at radius 2 is 1.60 bits per heavy atom. The highest BCUT2D eigenvalue weighted by atomic mass is 32.1. The minimum atomic E-state index is -0.317. The SMILES string of the molecule is Cc1ccc(C)c(Cn2c(=O)n(-c3ccccc3)c(=O)c3sc4ccccc4c32)c1. The fraction of sp³-hybridized carbons (Fsp3) is 0.120. The Kier molecular flexibility index (Phi) is 4.40. The summed E-state index contributed by atoms with van der Waals surface area (Å²) < 4.78 is 4.65. The smallest absolute Gasteiger partial charge is 0.287 e. The van der Waals surface area contributed by atoms with Crippen molar-refractivity contribution in [1.29, 1.82) is 0 Å². The number of hydrogen-bond donors (Lipinski definition) is 0. The third kappa shape index (κ3) is 2.90. The average molecular weight is 413 g/mol. The molecule has 148 valence electrons. The largest absolute Gasteiger partial charge is 0.336 e. The molecule has 0 amide bonds. The Morgan fingerprint density at radius 1 is 0.867 bits per heavy atom. The van der Waals surface area contributed by atoms with Crippen molar-refractivity contribution in [3.63, 3.8) is 0 Å². The first-order valence-electron chi connectivity index (χ1n) is 9.83. The lowest BCUT2D eigenvalue weighted by Gasteiger charge is -2.14. The minimum absolute atomic E-state index is 0.264. The highest BCUT2D eigenvalue weighted by Gasteiger charge is 2.19. The van der Waals surface area contributed by atoms with Crippen LogP contribution in [0.4, 0.5) is 0 Å². The van der Waals surface area contributed by atoms with Crippen LogP contribution in [0.25, 0.3) is 26.0 Å². The van der Waals surface area contributed by atoms with Gasteiger partial charge in [0.15, 0.2) is 0 Å². The standard InChI is InChI=1S/C25H20N2O2S/c1-16-12-13-17(2)18(14-16)15-26-22-20-10-6-7-11-21(20)30-23(22)24(28)27(25(26)29)19-8-4-3-5-9-19/h3-14H,15H2,1-2H3. The van der Waals surface area contributed by atoms with E-state index in [1.165, 1.54) is 15.9 Å². The summed E-state index contributed by atoms with van der Waals surface area (Å²) in [6.07, 6.45) is 0. The number of aromatic nitrogens is 2. The maximum atomic E-state index is 13.7. The van der Waals surface area contributed by atoms with Gasteiger partial charge in [-0.2, -0.15) is 0 Å². The van der Waals surface area contributed by atoms with Gasteiger partial charge in [0.25, 0.3) is 5.56 Å². The average Bonchev–Trinajstić information content (AvgIpc) is 3.14. The van der Waals surface area contributed by atoms with E-state index in [-0.39, 0.29) is 11.2 Å². The van der Waals surface area contributed by atoms with Crippen molar-refractivity contribution in [3.8, 4) is 5.69 Å². The van der Waals surface area contributed by atoms with Gasteiger partial charge in [0, 0.05) is 10.1 Å². The van der Waals surface area contributed by atoms with Crippen molar-refractivity contribution in [1.82, 2.24) is 9.13 Å². The molecule has 30 heavy (non-hydrogen) atoms. The van der Waals surface area contributed by atoms with E-state index in [0.29, 0.717) is 16.9 Å². The van der Waals surface area contributed by atoms with Crippen LogP contribution in [0.15, 0.2) is 82.4 Å². The molecule has 5 aromatic rings. The zero-order valence-electron chi connectivity index (χ0n) is 16.8. The summed E-state index contributed by atoms with van der Waals surface area (Å²) in [6, 6.07) is 23.3. The van der Waals surface area contributed by atoms with Gasteiger partial charge in [-0.15, -0.1) is 11.3 Å². The molecule has 2 heterocycles. The first-order chi connectivity index (χ1) is 14.5. The maximum Gasteiger partial charge on any atom is 0.336 e. The first-order valence-corrected chi connectivity index (χ1v) is 10.6. The zero-order valence-corrected chi connectivity index (χ0v) is 17.6. The fourth-order valence-corrected chi connectivity index (χ4v) is 5.08. The van der Waals surface area contributed by atoms with Crippen LogP contribution in [0.3, 0.4) is 0 Å². The van der Waals surface area contributed by atoms with Crippen molar-refractivity contribution in [2.24, 2.45) is 0 Å². The number of aryl methyl sites for hydroxylation is 2. The molecule has 5 heteroatoms. The molecule has 0 N–H and O–H groups in total. The van der Waals surface area contributed by atoms with E-state index in [1.807, 2.05) is 49.4 Å². The van der Waals surface area contributed by atoms with Crippen LogP contribution < -0.4 is 11.2 Å². The number of fused-ring (bicyclic) bond motifs is 3. The quantitative estimate of drug-likeness (QED) is 0.417. The van der Waals surface area contributed by atoms with Crippen LogP contribution in [0.1, 0.15) is 16.7 Å². The van der Waals surface area contributed by atoms with Gasteiger partial charge in [-0.1, -0.05) is 60.2 Å². The maximum absolute atomic E-state index is 13.7. The Morgan fingerprint density at radius 3 is 2.40 bits per heavy atom. The number of benzene rings is 3. The van der Waals surface area contributed by atoms with Gasteiger partial charge < -0.3 is 0 Å². The van der Waals surface area contributed by atoms with Crippen LogP contribution in [-0.2, 0) is 6.54 Å². The second-order valence-electron chi connectivity index (χ2n) is 7.55. The molecule has 0 bridgehead atoms. The molecule has 0 saturated heterocycles. The van der Waals surface area contributed by atoms with Crippen LogP contribution in [0.5, 0.6) is 0 Å². The molecule has 0 saturated carbocycles. The lowest BCUT2D eigenvalue weighted by Crippen LogP contribution is -2.38. The monoisotopic (exact) mass is 412 g/mol. The molecule has 0 radical (unpaired) electrons. The summed E-state index contributed by atoms with van der Waals surface area (Å²) >= 11 is 1.44. The molecule has 0 spiro atoms. The summed E-state index contributed by atoms with van der Waals surface area (Å²) in [6.45, 7) is 4.51. The van der Waals surface area contributed by atoms with Crippen LogP contribution >= 0.6 is 11.3 Å². The van der Waals surface area contributed by atoms with E-state index in [0.717, 1.165) is 32.3 Å². The predicted molar refractivity (Wildman–Crippen MR) is 124 cm³/mol. The van der Waals surface area contributed by atoms with Gasteiger partial charge in [-0.05, 0) is 43.2 Å². The normalized spacial score (nSPS) is 11.4. The van der Waals surface area contributed by atoms with Crippen molar-refractivity contribution < 1.29 is 0 Å². The molecule has 0 fully saturated rings. The Bertz CT molecular complexity index is 1520. The lowest BCUT2D eigenvalue weighted by atomic mass is 10.1. The van der Waals surface area contributed by atoms with Gasteiger partial charge in [0.1, 0.15) is 4.70 Å². The second-order valence-corrected chi connectivity index (χ2v) is 8.60. The highest BCUT2D eigenvalue weighted by molar-refractivity contribution is 7.25. The summed E-state index contributed by atoms with van der Waals surface area (Å²) in [5.41, 5.74) is 4.07. The lowest BCUT2D eigenvalue weighted by molar-refractivity contribution is 0.715. The highest BCUT2D eigenvalue weighted by Crippen LogP contribution is 2.31. The van der Waals surface area contributed by atoms with Crippen LogP contribution in [0, 0.1) is 13.8 Å². The van der Waals surface area contributed by atoms with Crippen molar-refractivity contribution in [2.45, 2.75) is 20.4 Å². The second kappa shape index (κ2) is 7.11. The predicted octanol–water partition coefficient (Wildman–Crippen LogP) is 5.03. The van der Waals surface area contributed by atoms with Crippen molar-refractivity contribution >= 4 is 31.6 Å². The van der Waals surface area contributed by atoms with Crippen molar-refractivity contribution in [3.05, 3.63) is 110 Å². The van der Waals surface area contributed by atoms with Gasteiger partial charge in [-0.25, -0.2) is 9.36 Å². The minimum Gasteiger partial charge on any atom is -0.287 e. The number of thiophene rings is 1. The molecule has 0 aliphatic carbocycles. The van der Waals surface area contributed by atoms with E-state index in [4.69, 9.17) is 0 Å². The third-order valence-corrected chi connectivity index (χ3v) is 6.65. The molecule has 0 aliphatic heterocycles. The summed E-state index contributed by atoms with van der Waals surface area (Å²) in [5.74, 6) is 0. The molecule has 2 aromatic heterocycles. The van der Waals surface area contributed by atoms with Crippen molar-refractivity contribution in [2.75, 3.05) is 0 Å². The van der Waals surface area contributed by atoms with Gasteiger partial charge in [0.2, 0.25) is 0 Å². The van der Waals surface area contributed by atoms with E-state index in [2.05, 4.69) is 25.1 Å². The van der Waals surface area contributed by atoms with E-state index in [9.17, 15) is 9.59 Å². The first kappa shape index (κ1) is 18.6. The topological polar surface area (TPSA) is 44.0 Å². The van der Waals surface area contributed by atoms with E-state index >= 15 is 0 Å². The summed E-state index contributed by atoms with van der Waals surface area (Å²) in [5, 5.41) is 0.942. The van der Waals surface area contributed by atoms with E-state index < -0.39 is 0 Å². The molecule has 5 rings (SSSR count). The molecule has 0 atom stereocenters. The molecule has 0 unspecified atom stereocenters. The molecule has 3 aromatic carbocycles. The summed E-state index contributed by atoms with van der Waals surface area (Å²) in [4.78, 5) is 27.1. The Balaban J connectivity index is 1.91. The number of rotatable bonds is 3. The molecule has 0 aliphatic rings. The number of nitrogens with zero attached hydrogens (tertiary/aromatic N) is 2. The molecular weight excluding hydrogens is 392 g/mol. The van der Waals surface area contributed by atoms with Gasteiger partial charge in [-0.3, -0.25) is 9.36 Å². The Labute approximate surface area is 177 Å². The number of para-hydroxylation sites is 1. The van der Waals surface area contributed by atoms with Gasteiger partial charge >= 0.3 is 5.69 Å². The summed E-state index contributed by atoms with van der Waals surface area (Å²) in [7, 11) is 0. The van der Waals surface area contributed by atoms with Crippen LogP contribution in [0.2, 0.25) is 0 Å². The molecular formula is C25H20N2O2S. The van der Waals surface area contributed by atoms with Crippen LogP contribution in [-0.4, -0.2) is 9.13 Å². The third-order valence-electron chi connectivity index (χ3n) is 5.51.